The van der Waals surface area contributed by atoms with Crippen LogP contribution in [0.4, 0.5) is 0 Å². The van der Waals surface area contributed by atoms with Gasteiger partial charge in [0, 0.05) is 6.04 Å². The SMILES string of the molecule is CCCCCCCCCCCCCCCCN[C@@H](C)Cn1cc[n+](C)c1. The van der Waals surface area contributed by atoms with Crippen molar-refractivity contribution in [1.82, 2.24) is 9.88 Å². The maximum absolute atomic E-state index is 3.65. The summed E-state index contributed by atoms with van der Waals surface area (Å²) in [5, 5.41) is 3.65. The Balaban J connectivity index is 1.76. The van der Waals surface area contributed by atoms with E-state index >= 15 is 0 Å². The van der Waals surface area contributed by atoms with Gasteiger partial charge in [-0.05, 0) is 19.9 Å². The lowest BCUT2D eigenvalue weighted by Gasteiger charge is -2.11. The van der Waals surface area contributed by atoms with Crippen molar-refractivity contribution in [1.29, 1.82) is 0 Å². The lowest BCUT2D eigenvalue weighted by molar-refractivity contribution is -0.671. The zero-order chi connectivity index (χ0) is 18.9. The highest BCUT2D eigenvalue weighted by Crippen LogP contribution is 2.12. The summed E-state index contributed by atoms with van der Waals surface area (Å²) in [7, 11) is 2.07. The summed E-state index contributed by atoms with van der Waals surface area (Å²) in [5.74, 6) is 0. The van der Waals surface area contributed by atoms with Crippen molar-refractivity contribution in [2.75, 3.05) is 6.54 Å². The maximum Gasteiger partial charge on any atom is 0.243 e. The zero-order valence-electron chi connectivity index (χ0n) is 18.0. The van der Waals surface area contributed by atoms with Gasteiger partial charge in [0.2, 0.25) is 6.33 Å². The molecule has 0 aliphatic rings. The van der Waals surface area contributed by atoms with E-state index in [0.717, 1.165) is 13.1 Å². The van der Waals surface area contributed by atoms with E-state index < -0.39 is 0 Å². The van der Waals surface area contributed by atoms with Crippen LogP contribution in [-0.2, 0) is 13.6 Å². The van der Waals surface area contributed by atoms with Gasteiger partial charge >= 0.3 is 0 Å². The number of imidazole rings is 1. The average Bonchev–Trinajstić information content (AvgIpc) is 3.03. The van der Waals surface area contributed by atoms with Crippen LogP contribution in [0, 0.1) is 0 Å². The monoisotopic (exact) mass is 364 g/mol. The second kappa shape index (κ2) is 16.4. The van der Waals surface area contributed by atoms with E-state index in [0.29, 0.717) is 6.04 Å². The van der Waals surface area contributed by atoms with Gasteiger partial charge in [-0.2, -0.15) is 0 Å². The van der Waals surface area contributed by atoms with Crippen molar-refractivity contribution in [3.05, 3.63) is 18.7 Å². The molecule has 0 spiro atoms. The Hall–Kier alpha value is -0.830. The summed E-state index contributed by atoms with van der Waals surface area (Å²) in [4.78, 5) is 0. The van der Waals surface area contributed by atoms with Crippen LogP contribution >= 0.6 is 0 Å². The smallest absolute Gasteiger partial charge is 0.243 e. The van der Waals surface area contributed by atoms with Gasteiger partial charge in [-0.3, -0.25) is 0 Å². The van der Waals surface area contributed by atoms with Gasteiger partial charge < -0.3 is 5.32 Å². The molecule has 0 saturated carbocycles. The maximum atomic E-state index is 3.65. The largest absolute Gasteiger partial charge is 0.311 e. The Bertz CT molecular complexity index is 413. The van der Waals surface area contributed by atoms with Gasteiger partial charge in [-0.15, -0.1) is 0 Å². The molecule has 0 saturated heterocycles. The molecule has 0 unspecified atom stereocenters. The summed E-state index contributed by atoms with van der Waals surface area (Å²) in [6.07, 6.45) is 26.4. The van der Waals surface area contributed by atoms with E-state index in [4.69, 9.17) is 0 Å². The van der Waals surface area contributed by atoms with Gasteiger partial charge in [-0.25, -0.2) is 9.13 Å². The fourth-order valence-corrected chi connectivity index (χ4v) is 3.66. The predicted molar refractivity (Wildman–Crippen MR) is 113 cm³/mol. The molecule has 0 aliphatic heterocycles. The highest BCUT2D eigenvalue weighted by molar-refractivity contribution is 4.70. The molecular formula is C23H46N3+. The molecule has 3 nitrogen and oxygen atoms in total. The van der Waals surface area contributed by atoms with Gasteiger partial charge in [0.15, 0.2) is 0 Å². The topological polar surface area (TPSA) is 20.8 Å². The van der Waals surface area contributed by atoms with Crippen molar-refractivity contribution in [3.8, 4) is 0 Å². The van der Waals surface area contributed by atoms with Crippen LogP contribution in [-0.4, -0.2) is 17.2 Å². The standard InChI is InChI=1S/C23H46N3/c1-4-5-6-7-8-9-10-11-12-13-14-15-16-17-18-24-23(2)21-26-20-19-25(3)22-26/h19-20,22-24H,4-18,21H2,1-3H3/q+1/t23-/m0/s1. The molecule has 0 aromatic carbocycles. The fourth-order valence-electron chi connectivity index (χ4n) is 3.66. The molecule has 3 heteroatoms. The van der Waals surface area contributed by atoms with E-state index in [1.807, 2.05) is 0 Å². The summed E-state index contributed by atoms with van der Waals surface area (Å²) in [6.45, 7) is 6.79. The highest BCUT2D eigenvalue weighted by Gasteiger charge is 2.06. The minimum atomic E-state index is 0.546. The molecule has 0 radical (unpaired) electrons. The number of unbranched alkanes of at least 4 members (excludes halogenated alkanes) is 13. The molecule has 0 bridgehead atoms. The summed E-state index contributed by atoms with van der Waals surface area (Å²) in [6, 6.07) is 0.546. The molecule has 1 aromatic rings. The van der Waals surface area contributed by atoms with Crippen LogP contribution in [0.1, 0.15) is 104 Å². The highest BCUT2D eigenvalue weighted by atomic mass is 15.1. The zero-order valence-corrected chi connectivity index (χ0v) is 18.0. The second-order valence-electron chi connectivity index (χ2n) is 8.23. The number of aromatic nitrogens is 2. The van der Waals surface area contributed by atoms with Crippen molar-refractivity contribution >= 4 is 0 Å². The van der Waals surface area contributed by atoms with Crippen LogP contribution in [0.2, 0.25) is 0 Å². The summed E-state index contributed by atoms with van der Waals surface area (Å²) < 4.78 is 4.35. The molecule has 0 fully saturated rings. The third-order valence-corrected chi connectivity index (χ3v) is 5.33. The van der Waals surface area contributed by atoms with E-state index in [9.17, 15) is 0 Å². The van der Waals surface area contributed by atoms with E-state index in [-0.39, 0.29) is 0 Å². The molecule has 0 amide bonds. The minimum Gasteiger partial charge on any atom is -0.311 e. The Morgan fingerprint density at radius 2 is 1.31 bits per heavy atom. The quantitative estimate of drug-likeness (QED) is 0.259. The Labute approximate surface area is 163 Å². The number of aryl methyl sites for hydroxylation is 1. The van der Waals surface area contributed by atoms with Crippen LogP contribution in [0.15, 0.2) is 18.7 Å². The fraction of sp³-hybridized carbons (Fsp3) is 0.870. The Kier molecular flexibility index (Phi) is 14.6. The number of hydrogen-bond acceptors (Lipinski definition) is 1. The van der Waals surface area contributed by atoms with E-state index in [2.05, 4.69) is 54.1 Å². The van der Waals surface area contributed by atoms with Gasteiger partial charge in [-0.1, -0.05) is 90.4 Å². The van der Waals surface area contributed by atoms with E-state index in [1.165, 1.54) is 89.9 Å². The van der Waals surface area contributed by atoms with Crippen LogP contribution < -0.4 is 9.88 Å². The Morgan fingerprint density at radius 1 is 0.808 bits per heavy atom. The molecule has 1 aromatic heterocycles. The number of hydrogen-bond donors (Lipinski definition) is 1. The second-order valence-corrected chi connectivity index (χ2v) is 8.23. The normalized spacial score (nSPS) is 12.6. The molecule has 0 aliphatic carbocycles. The van der Waals surface area contributed by atoms with Crippen molar-refractivity contribution in [2.24, 2.45) is 7.05 Å². The molecule has 152 valence electrons. The molecule has 26 heavy (non-hydrogen) atoms. The molecule has 1 N–H and O–H groups in total. The summed E-state index contributed by atoms with van der Waals surface area (Å²) in [5.41, 5.74) is 0. The third kappa shape index (κ3) is 13.4. The average molecular weight is 365 g/mol. The predicted octanol–water partition coefficient (Wildman–Crippen LogP) is 5.77. The summed E-state index contributed by atoms with van der Waals surface area (Å²) >= 11 is 0. The third-order valence-electron chi connectivity index (χ3n) is 5.33. The van der Waals surface area contributed by atoms with Crippen LogP contribution in [0.25, 0.3) is 0 Å². The van der Waals surface area contributed by atoms with Crippen molar-refractivity contribution < 1.29 is 4.57 Å². The first kappa shape index (κ1) is 23.2. The lowest BCUT2D eigenvalue weighted by Crippen LogP contribution is -2.31. The minimum absolute atomic E-state index is 0.546. The van der Waals surface area contributed by atoms with Gasteiger partial charge in [0.1, 0.15) is 18.9 Å². The van der Waals surface area contributed by atoms with Crippen LogP contribution in [0.3, 0.4) is 0 Å². The first-order valence-electron chi connectivity index (χ1n) is 11.5. The first-order valence-corrected chi connectivity index (χ1v) is 11.5. The molecule has 1 rings (SSSR count). The van der Waals surface area contributed by atoms with Crippen molar-refractivity contribution in [3.63, 3.8) is 0 Å². The number of nitrogens with zero attached hydrogens (tertiary/aromatic N) is 2. The molecule has 1 heterocycles. The molecular weight excluding hydrogens is 318 g/mol. The van der Waals surface area contributed by atoms with E-state index in [1.54, 1.807) is 0 Å². The lowest BCUT2D eigenvalue weighted by atomic mass is 10.0. The number of rotatable bonds is 18. The van der Waals surface area contributed by atoms with Gasteiger partial charge in [0.25, 0.3) is 0 Å². The van der Waals surface area contributed by atoms with Crippen molar-refractivity contribution in [2.45, 2.75) is 116 Å². The number of nitrogens with one attached hydrogen (secondary N) is 1. The van der Waals surface area contributed by atoms with Crippen LogP contribution in [0.5, 0.6) is 0 Å². The first-order chi connectivity index (χ1) is 12.7. The Morgan fingerprint density at radius 3 is 1.77 bits per heavy atom. The molecule has 1 atom stereocenters. The van der Waals surface area contributed by atoms with Gasteiger partial charge in [0.05, 0.1) is 7.05 Å².